The maximum absolute atomic E-state index is 10.7. The molecule has 0 saturated heterocycles. The molecule has 1 aromatic carbocycles. The van der Waals surface area contributed by atoms with E-state index in [9.17, 15) is 9.90 Å². The number of fused-ring (bicyclic) bond motifs is 3. The largest absolute Gasteiger partial charge is 0.508 e. The van der Waals surface area contributed by atoms with Gasteiger partial charge in [-0.1, -0.05) is 0 Å². The van der Waals surface area contributed by atoms with Crippen LogP contribution in [-0.4, -0.2) is 25.6 Å². The third kappa shape index (κ3) is 1.42. The molecule has 3 rings (SSSR count). The molecule has 0 spiro atoms. The number of hydrogen-bond acceptors (Lipinski definition) is 4. The molecule has 6 heteroatoms. The third-order valence-corrected chi connectivity index (χ3v) is 2.53. The van der Waals surface area contributed by atoms with Crippen molar-refractivity contribution < 1.29 is 19.4 Å². The number of nitrogens with zero attached hydrogens (tertiary/aromatic N) is 2. The van der Waals surface area contributed by atoms with Gasteiger partial charge in [0, 0.05) is 6.07 Å². The molecule has 2 aromatic heterocycles. The molecule has 0 unspecified atom stereocenters. The summed E-state index contributed by atoms with van der Waals surface area (Å²) in [5.41, 5.74) is 1.76. The van der Waals surface area contributed by atoms with Gasteiger partial charge in [-0.25, -0.2) is 0 Å². The van der Waals surface area contributed by atoms with Crippen LogP contribution in [0.15, 0.2) is 28.9 Å². The number of carboxylic acids is 1. The van der Waals surface area contributed by atoms with E-state index in [0.29, 0.717) is 22.6 Å². The Morgan fingerprint density at radius 2 is 2.29 bits per heavy atom. The first-order valence-corrected chi connectivity index (χ1v) is 4.94. The maximum Gasteiger partial charge on any atom is 0.309 e. The van der Waals surface area contributed by atoms with Gasteiger partial charge in [-0.15, -0.1) is 0 Å². The van der Waals surface area contributed by atoms with Gasteiger partial charge in [0.15, 0.2) is 0 Å². The first-order valence-electron chi connectivity index (χ1n) is 4.94. The van der Waals surface area contributed by atoms with Gasteiger partial charge >= 0.3 is 11.8 Å². The van der Waals surface area contributed by atoms with E-state index < -0.39 is 5.97 Å². The smallest absolute Gasteiger partial charge is 0.309 e. The molecule has 0 atom stereocenters. The Hall–Kier alpha value is -2.50. The Morgan fingerprint density at radius 3 is 3.06 bits per heavy atom. The van der Waals surface area contributed by atoms with Gasteiger partial charge in [0.25, 0.3) is 0 Å². The van der Waals surface area contributed by atoms with E-state index in [1.165, 1.54) is 18.4 Å². The number of carbonyl (C=O) groups is 1. The van der Waals surface area contributed by atoms with Crippen LogP contribution in [0, 0.1) is 0 Å². The summed E-state index contributed by atoms with van der Waals surface area (Å²) in [4.78, 5) is 14.9. The molecule has 0 radical (unpaired) electrons. The predicted octanol–water partition coefficient (Wildman–Crippen LogP) is 1.41. The summed E-state index contributed by atoms with van der Waals surface area (Å²) < 4.78 is 6.77. The van der Waals surface area contributed by atoms with Crippen molar-refractivity contribution in [3.63, 3.8) is 0 Å². The van der Waals surface area contributed by atoms with Crippen LogP contribution in [0.25, 0.3) is 16.9 Å². The number of benzene rings is 1. The summed E-state index contributed by atoms with van der Waals surface area (Å²) in [5.74, 6) is -0.529. The van der Waals surface area contributed by atoms with E-state index in [2.05, 4.69) is 4.98 Å². The third-order valence-electron chi connectivity index (χ3n) is 2.53. The molecule has 2 N–H and O–H groups in total. The van der Waals surface area contributed by atoms with E-state index in [0.717, 1.165) is 0 Å². The minimum atomic E-state index is -0.949. The molecule has 0 aliphatic rings. The van der Waals surface area contributed by atoms with Crippen LogP contribution in [-0.2, 0) is 11.2 Å². The van der Waals surface area contributed by atoms with Crippen LogP contribution in [0.5, 0.6) is 5.75 Å². The van der Waals surface area contributed by atoms with Crippen molar-refractivity contribution in [3.8, 4) is 5.75 Å². The summed E-state index contributed by atoms with van der Waals surface area (Å²) in [7, 11) is 0. The molecule has 0 amide bonds. The number of phenols is 1. The second-order valence-corrected chi connectivity index (χ2v) is 3.70. The number of aromatic nitrogens is 2. The molecule has 0 saturated carbocycles. The van der Waals surface area contributed by atoms with Crippen LogP contribution in [0.1, 0.15) is 5.69 Å². The minimum Gasteiger partial charge on any atom is -0.508 e. The van der Waals surface area contributed by atoms with E-state index in [4.69, 9.17) is 9.52 Å². The van der Waals surface area contributed by atoms with E-state index in [1.54, 1.807) is 10.5 Å². The Balaban J connectivity index is 2.34. The highest BCUT2D eigenvalue weighted by atomic mass is 16.4. The number of imidazole rings is 1. The fourth-order valence-electron chi connectivity index (χ4n) is 1.85. The molecule has 86 valence electrons. The minimum absolute atomic E-state index is 0.0989. The average Bonchev–Trinajstić information content (AvgIpc) is 2.78. The van der Waals surface area contributed by atoms with Crippen molar-refractivity contribution in [3.05, 3.63) is 30.2 Å². The monoisotopic (exact) mass is 232 g/mol. The lowest BCUT2D eigenvalue weighted by atomic mass is 10.3. The van der Waals surface area contributed by atoms with Crippen LogP contribution in [0.2, 0.25) is 0 Å². The van der Waals surface area contributed by atoms with E-state index in [1.807, 2.05) is 0 Å². The fourth-order valence-corrected chi connectivity index (χ4v) is 1.85. The highest BCUT2D eigenvalue weighted by Gasteiger charge is 2.14. The average molecular weight is 232 g/mol. The zero-order chi connectivity index (χ0) is 12.0. The topological polar surface area (TPSA) is 88.0 Å². The summed E-state index contributed by atoms with van der Waals surface area (Å²) in [6.45, 7) is 0. The molecule has 0 bridgehead atoms. The normalized spacial score (nSPS) is 11.3. The summed E-state index contributed by atoms with van der Waals surface area (Å²) in [6, 6.07) is 4.69. The van der Waals surface area contributed by atoms with Gasteiger partial charge < -0.3 is 14.6 Å². The zero-order valence-corrected chi connectivity index (χ0v) is 8.62. The highest BCUT2D eigenvalue weighted by molar-refractivity contribution is 5.81. The van der Waals surface area contributed by atoms with Gasteiger partial charge in [0.05, 0.1) is 23.1 Å². The number of carboxylic acid groups (broad SMARTS) is 1. The van der Waals surface area contributed by atoms with Gasteiger partial charge in [-0.2, -0.15) is 4.98 Å². The van der Waals surface area contributed by atoms with Gasteiger partial charge in [0.2, 0.25) is 0 Å². The number of aliphatic carboxylic acids is 1. The Morgan fingerprint density at radius 1 is 1.47 bits per heavy atom. The number of phenolic OH excluding ortho intramolecular Hbond substituents is 1. The van der Waals surface area contributed by atoms with Crippen LogP contribution >= 0.6 is 0 Å². The summed E-state index contributed by atoms with van der Waals surface area (Å²) in [6.07, 6.45) is 1.20. The lowest BCUT2D eigenvalue weighted by molar-refractivity contribution is -0.136. The molecule has 0 fully saturated rings. The molecule has 2 heterocycles. The Labute approximate surface area is 94.7 Å². The molecule has 17 heavy (non-hydrogen) atoms. The van der Waals surface area contributed by atoms with Gasteiger partial charge in [-0.05, 0) is 12.1 Å². The highest BCUT2D eigenvalue weighted by Crippen LogP contribution is 2.23. The molecular formula is C11H8N2O4. The van der Waals surface area contributed by atoms with E-state index >= 15 is 0 Å². The van der Waals surface area contributed by atoms with Crippen LogP contribution in [0.3, 0.4) is 0 Å². The van der Waals surface area contributed by atoms with Crippen molar-refractivity contribution in [2.75, 3.05) is 0 Å². The Bertz CT molecular complexity index is 726. The molecule has 3 aromatic rings. The van der Waals surface area contributed by atoms with Crippen molar-refractivity contribution >= 4 is 22.8 Å². The second-order valence-electron chi connectivity index (χ2n) is 3.70. The standard InChI is InChI=1S/C11H8N2O4/c14-7-1-2-8-9(4-7)13-6(3-10(15)16)5-17-11(13)12-8/h1-2,4-5,14H,3H2,(H,15,16). The quantitative estimate of drug-likeness (QED) is 0.697. The lowest BCUT2D eigenvalue weighted by Gasteiger charge is -1.96. The summed E-state index contributed by atoms with van der Waals surface area (Å²) in [5, 5.41) is 18.2. The predicted molar refractivity (Wildman–Crippen MR) is 58.0 cm³/mol. The first-order chi connectivity index (χ1) is 8.15. The molecule has 0 aliphatic carbocycles. The molecule has 0 aliphatic heterocycles. The maximum atomic E-state index is 10.7. The van der Waals surface area contributed by atoms with Crippen molar-refractivity contribution in [2.45, 2.75) is 6.42 Å². The first kappa shape index (κ1) is 9.71. The van der Waals surface area contributed by atoms with Crippen molar-refractivity contribution in [1.82, 2.24) is 9.38 Å². The fraction of sp³-hybridized carbons (Fsp3) is 0.0909. The van der Waals surface area contributed by atoms with Crippen LogP contribution < -0.4 is 0 Å². The Kier molecular flexibility index (Phi) is 1.85. The van der Waals surface area contributed by atoms with E-state index in [-0.39, 0.29) is 12.2 Å². The zero-order valence-electron chi connectivity index (χ0n) is 8.62. The summed E-state index contributed by atoms with van der Waals surface area (Å²) >= 11 is 0. The number of rotatable bonds is 2. The van der Waals surface area contributed by atoms with Gasteiger partial charge in [0.1, 0.15) is 12.0 Å². The van der Waals surface area contributed by atoms with Crippen LogP contribution in [0.4, 0.5) is 0 Å². The van der Waals surface area contributed by atoms with Crippen molar-refractivity contribution in [1.29, 1.82) is 0 Å². The number of hydrogen-bond donors (Lipinski definition) is 2. The second kappa shape index (κ2) is 3.24. The van der Waals surface area contributed by atoms with Gasteiger partial charge in [-0.3, -0.25) is 9.20 Å². The van der Waals surface area contributed by atoms with Crippen molar-refractivity contribution in [2.24, 2.45) is 0 Å². The number of oxazole rings is 1. The molecule has 6 nitrogen and oxygen atoms in total. The molecular weight excluding hydrogens is 224 g/mol. The lowest BCUT2D eigenvalue weighted by Crippen LogP contribution is -2.02. The number of aromatic hydroxyl groups is 1. The SMILES string of the molecule is O=C(O)Cc1coc2nc3ccc(O)cc3n12.